The SMILES string of the molecule is CCc1nc(NN)c(C)c(N2CCC(C(=O)NC)CC2)n1. The monoisotopic (exact) mass is 292 g/mol. The number of nitrogens with two attached hydrogens (primary N) is 1. The van der Waals surface area contributed by atoms with E-state index in [0.717, 1.165) is 49.6 Å². The number of rotatable bonds is 4. The highest BCUT2D eigenvalue weighted by Gasteiger charge is 2.26. The molecule has 2 heterocycles. The molecule has 21 heavy (non-hydrogen) atoms. The van der Waals surface area contributed by atoms with E-state index in [9.17, 15) is 4.79 Å². The summed E-state index contributed by atoms with van der Waals surface area (Å²) in [7, 11) is 1.69. The van der Waals surface area contributed by atoms with Crippen LogP contribution in [-0.2, 0) is 11.2 Å². The van der Waals surface area contributed by atoms with Gasteiger partial charge in [-0.15, -0.1) is 0 Å². The molecule has 0 saturated carbocycles. The fourth-order valence-electron chi connectivity index (χ4n) is 2.71. The number of aryl methyl sites for hydroxylation is 1. The zero-order valence-electron chi connectivity index (χ0n) is 12.9. The fourth-order valence-corrected chi connectivity index (χ4v) is 2.71. The van der Waals surface area contributed by atoms with Crippen molar-refractivity contribution in [3.63, 3.8) is 0 Å². The molecule has 0 aromatic carbocycles. The molecule has 0 atom stereocenters. The highest BCUT2D eigenvalue weighted by atomic mass is 16.1. The Balaban J connectivity index is 2.18. The van der Waals surface area contributed by atoms with Gasteiger partial charge in [-0.2, -0.15) is 0 Å². The molecule has 7 heteroatoms. The molecule has 0 spiro atoms. The van der Waals surface area contributed by atoms with Crippen molar-refractivity contribution in [2.45, 2.75) is 33.1 Å². The zero-order valence-corrected chi connectivity index (χ0v) is 12.9. The highest BCUT2D eigenvalue weighted by Crippen LogP contribution is 2.27. The van der Waals surface area contributed by atoms with Crippen molar-refractivity contribution in [2.24, 2.45) is 11.8 Å². The standard InChI is InChI=1S/C14H24N6O/c1-4-11-17-12(19-15)9(2)13(18-11)20-7-5-10(6-8-20)14(21)16-3/h10H,4-8,15H2,1-3H3,(H,16,21)(H,17,18,19). The summed E-state index contributed by atoms with van der Waals surface area (Å²) in [6.45, 7) is 5.63. The lowest BCUT2D eigenvalue weighted by Gasteiger charge is -2.33. The lowest BCUT2D eigenvalue weighted by molar-refractivity contribution is -0.125. The topological polar surface area (TPSA) is 96.2 Å². The summed E-state index contributed by atoms with van der Waals surface area (Å²) in [6.07, 6.45) is 2.45. The maximum atomic E-state index is 11.7. The number of anilines is 2. The van der Waals surface area contributed by atoms with Crippen LogP contribution in [0.15, 0.2) is 0 Å². The van der Waals surface area contributed by atoms with Gasteiger partial charge in [0.25, 0.3) is 0 Å². The van der Waals surface area contributed by atoms with E-state index in [1.807, 2.05) is 13.8 Å². The molecule has 1 saturated heterocycles. The third kappa shape index (κ3) is 3.24. The van der Waals surface area contributed by atoms with Crippen LogP contribution in [0.25, 0.3) is 0 Å². The first-order chi connectivity index (χ1) is 10.1. The van der Waals surface area contributed by atoms with E-state index < -0.39 is 0 Å². The molecule has 1 fully saturated rings. The normalized spacial score (nSPS) is 15.9. The van der Waals surface area contributed by atoms with Crippen LogP contribution < -0.4 is 21.5 Å². The van der Waals surface area contributed by atoms with Crippen LogP contribution in [-0.4, -0.2) is 36.0 Å². The van der Waals surface area contributed by atoms with Crippen LogP contribution in [0.4, 0.5) is 11.6 Å². The minimum Gasteiger partial charge on any atom is -0.359 e. The van der Waals surface area contributed by atoms with Crippen molar-refractivity contribution in [1.82, 2.24) is 15.3 Å². The zero-order chi connectivity index (χ0) is 15.4. The third-order valence-corrected chi connectivity index (χ3v) is 4.03. The number of amides is 1. The summed E-state index contributed by atoms with van der Waals surface area (Å²) in [5.74, 6) is 8.14. The molecule has 0 bridgehead atoms. The van der Waals surface area contributed by atoms with Gasteiger partial charge >= 0.3 is 0 Å². The van der Waals surface area contributed by atoms with Gasteiger partial charge < -0.3 is 15.6 Å². The largest absolute Gasteiger partial charge is 0.359 e. The number of carbonyl (C=O) groups excluding carboxylic acids is 1. The maximum absolute atomic E-state index is 11.7. The van der Waals surface area contributed by atoms with E-state index in [0.29, 0.717) is 5.82 Å². The van der Waals surface area contributed by atoms with Crippen LogP contribution in [0.5, 0.6) is 0 Å². The predicted molar refractivity (Wildman–Crippen MR) is 83.0 cm³/mol. The number of nitrogens with one attached hydrogen (secondary N) is 2. The molecule has 1 amide bonds. The van der Waals surface area contributed by atoms with Crippen molar-refractivity contribution in [1.29, 1.82) is 0 Å². The Hall–Kier alpha value is -1.89. The average Bonchev–Trinajstić information content (AvgIpc) is 2.54. The van der Waals surface area contributed by atoms with Crippen molar-refractivity contribution in [3.05, 3.63) is 11.4 Å². The molecule has 2 rings (SSSR count). The van der Waals surface area contributed by atoms with Gasteiger partial charge in [0.15, 0.2) is 0 Å². The molecule has 4 N–H and O–H groups in total. The van der Waals surface area contributed by atoms with Crippen molar-refractivity contribution >= 4 is 17.5 Å². The Labute approximate surface area is 125 Å². The molecule has 1 aliphatic heterocycles. The smallest absolute Gasteiger partial charge is 0.222 e. The second kappa shape index (κ2) is 6.71. The van der Waals surface area contributed by atoms with Gasteiger partial charge in [0.1, 0.15) is 17.5 Å². The average molecular weight is 292 g/mol. The Morgan fingerprint density at radius 1 is 1.38 bits per heavy atom. The van der Waals surface area contributed by atoms with Gasteiger partial charge in [-0.05, 0) is 19.8 Å². The van der Waals surface area contributed by atoms with Crippen LogP contribution >= 0.6 is 0 Å². The van der Waals surface area contributed by atoms with Gasteiger partial charge in [-0.3, -0.25) is 4.79 Å². The van der Waals surface area contributed by atoms with Crippen LogP contribution in [0.1, 0.15) is 31.2 Å². The van der Waals surface area contributed by atoms with Gasteiger partial charge in [-0.1, -0.05) is 6.92 Å². The Kier molecular flexibility index (Phi) is 4.95. The Morgan fingerprint density at radius 2 is 2.05 bits per heavy atom. The summed E-state index contributed by atoms with van der Waals surface area (Å²) < 4.78 is 0. The van der Waals surface area contributed by atoms with Gasteiger partial charge in [0.2, 0.25) is 5.91 Å². The molecular weight excluding hydrogens is 268 g/mol. The fraction of sp³-hybridized carbons (Fsp3) is 0.643. The van der Waals surface area contributed by atoms with Gasteiger partial charge in [-0.25, -0.2) is 15.8 Å². The van der Waals surface area contributed by atoms with E-state index in [4.69, 9.17) is 5.84 Å². The summed E-state index contributed by atoms with van der Waals surface area (Å²) >= 11 is 0. The molecule has 7 nitrogen and oxygen atoms in total. The first kappa shape index (κ1) is 15.5. The molecule has 0 unspecified atom stereocenters. The quantitative estimate of drug-likeness (QED) is 0.555. The van der Waals surface area contributed by atoms with E-state index in [-0.39, 0.29) is 11.8 Å². The van der Waals surface area contributed by atoms with Crippen molar-refractivity contribution < 1.29 is 4.79 Å². The highest BCUT2D eigenvalue weighted by molar-refractivity contribution is 5.78. The van der Waals surface area contributed by atoms with Gasteiger partial charge in [0.05, 0.1) is 0 Å². The summed E-state index contributed by atoms with van der Waals surface area (Å²) in [5.41, 5.74) is 3.60. The number of nitrogen functional groups attached to an aromatic ring is 1. The minimum absolute atomic E-state index is 0.103. The van der Waals surface area contributed by atoms with Crippen LogP contribution in [0, 0.1) is 12.8 Å². The molecule has 0 radical (unpaired) electrons. The Morgan fingerprint density at radius 3 is 2.57 bits per heavy atom. The number of nitrogens with zero attached hydrogens (tertiary/aromatic N) is 3. The third-order valence-electron chi connectivity index (χ3n) is 4.03. The molecular formula is C14H24N6O. The molecule has 0 aliphatic carbocycles. The molecule has 1 aromatic heterocycles. The summed E-state index contributed by atoms with van der Waals surface area (Å²) in [4.78, 5) is 22.9. The van der Waals surface area contributed by atoms with E-state index >= 15 is 0 Å². The van der Waals surface area contributed by atoms with Crippen molar-refractivity contribution in [2.75, 3.05) is 30.5 Å². The minimum atomic E-state index is 0.103. The Bertz CT molecular complexity index is 510. The van der Waals surface area contributed by atoms with Crippen LogP contribution in [0.2, 0.25) is 0 Å². The second-order valence-corrected chi connectivity index (χ2v) is 5.31. The first-order valence-corrected chi connectivity index (χ1v) is 7.41. The summed E-state index contributed by atoms with van der Waals surface area (Å²) in [5, 5.41) is 2.73. The van der Waals surface area contributed by atoms with Gasteiger partial charge in [0, 0.05) is 38.0 Å². The van der Waals surface area contributed by atoms with E-state index in [1.165, 1.54) is 0 Å². The van der Waals surface area contributed by atoms with E-state index in [1.54, 1.807) is 7.05 Å². The second-order valence-electron chi connectivity index (χ2n) is 5.31. The van der Waals surface area contributed by atoms with E-state index in [2.05, 4.69) is 25.6 Å². The number of aromatic nitrogens is 2. The number of hydrogen-bond donors (Lipinski definition) is 3. The number of hydrazine groups is 1. The molecule has 1 aromatic rings. The maximum Gasteiger partial charge on any atom is 0.222 e. The first-order valence-electron chi connectivity index (χ1n) is 7.41. The predicted octanol–water partition coefficient (Wildman–Crippen LogP) is 0.595. The number of carbonyl (C=O) groups is 1. The van der Waals surface area contributed by atoms with Crippen LogP contribution in [0.3, 0.4) is 0 Å². The summed E-state index contributed by atoms with van der Waals surface area (Å²) in [6, 6.07) is 0. The molecule has 1 aliphatic rings. The molecule has 116 valence electrons. The number of piperidine rings is 1. The number of hydrogen-bond acceptors (Lipinski definition) is 6. The van der Waals surface area contributed by atoms with Crippen molar-refractivity contribution in [3.8, 4) is 0 Å². The lowest BCUT2D eigenvalue weighted by atomic mass is 9.96. The lowest BCUT2D eigenvalue weighted by Crippen LogP contribution is -2.40.